The van der Waals surface area contributed by atoms with Crippen molar-refractivity contribution in [3.05, 3.63) is 17.2 Å². The Bertz CT molecular complexity index is 517. The Morgan fingerprint density at radius 1 is 1.42 bits per heavy atom. The highest BCUT2D eigenvalue weighted by atomic mass is 16.5. The van der Waals surface area contributed by atoms with Crippen LogP contribution in [0, 0.1) is 6.92 Å². The monoisotopic (exact) mass is 264 g/mol. The van der Waals surface area contributed by atoms with Crippen LogP contribution in [0.3, 0.4) is 0 Å². The van der Waals surface area contributed by atoms with Gasteiger partial charge < -0.3 is 14.2 Å². The predicted octanol–water partition coefficient (Wildman–Crippen LogP) is 3.15. The van der Waals surface area contributed by atoms with E-state index in [0.717, 1.165) is 5.56 Å². The topological polar surface area (TPSA) is 44.8 Å². The average Bonchev–Trinajstić information content (AvgIpc) is 2.30. The van der Waals surface area contributed by atoms with Gasteiger partial charge in [-0.2, -0.15) is 0 Å². The van der Waals surface area contributed by atoms with Gasteiger partial charge in [-0.15, -0.1) is 0 Å². The number of carbonyl (C=O) groups excluding carboxylic acids is 1. The zero-order valence-corrected chi connectivity index (χ0v) is 12.1. The van der Waals surface area contributed by atoms with Crippen molar-refractivity contribution in [1.29, 1.82) is 0 Å². The molecule has 0 saturated heterocycles. The fourth-order valence-electron chi connectivity index (χ4n) is 2.45. The van der Waals surface area contributed by atoms with E-state index < -0.39 is 5.60 Å². The van der Waals surface area contributed by atoms with Crippen LogP contribution in [0.5, 0.6) is 17.2 Å². The van der Waals surface area contributed by atoms with Crippen LogP contribution in [0.25, 0.3) is 0 Å². The van der Waals surface area contributed by atoms with Crippen LogP contribution >= 0.6 is 0 Å². The lowest BCUT2D eigenvalue weighted by Crippen LogP contribution is -2.36. The molecule has 0 radical (unpaired) electrons. The van der Waals surface area contributed by atoms with E-state index in [4.69, 9.17) is 14.2 Å². The lowest BCUT2D eigenvalue weighted by Gasteiger charge is -2.33. The molecule has 0 N–H and O–H groups in total. The van der Waals surface area contributed by atoms with Crippen molar-refractivity contribution in [2.45, 2.75) is 39.7 Å². The Morgan fingerprint density at radius 2 is 2.11 bits per heavy atom. The number of hydrogen-bond acceptors (Lipinski definition) is 4. The third-order valence-corrected chi connectivity index (χ3v) is 3.21. The first-order valence-electron chi connectivity index (χ1n) is 6.46. The van der Waals surface area contributed by atoms with Gasteiger partial charge in [0.1, 0.15) is 11.4 Å². The molecular formula is C15H20O4. The summed E-state index contributed by atoms with van der Waals surface area (Å²) < 4.78 is 16.8. The zero-order chi connectivity index (χ0) is 14.2. The second-order valence-corrected chi connectivity index (χ2v) is 5.30. The number of hydrogen-bond donors (Lipinski definition) is 0. The second-order valence-electron chi connectivity index (χ2n) is 5.30. The van der Waals surface area contributed by atoms with E-state index in [0.29, 0.717) is 35.8 Å². The van der Waals surface area contributed by atoms with Crippen LogP contribution in [0.2, 0.25) is 0 Å². The minimum absolute atomic E-state index is 0.0901. The first-order chi connectivity index (χ1) is 8.89. The molecule has 0 aromatic heterocycles. The van der Waals surface area contributed by atoms with Crippen molar-refractivity contribution >= 4 is 5.78 Å². The Labute approximate surface area is 113 Å². The highest BCUT2D eigenvalue weighted by Crippen LogP contribution is 2.43. The Hall–Kier alpha value is -1.71. The van der Waals surface area contributed by atoms with Crippen LogP contribution in [0.4, 0.5) is 0 Å². The minimum atomic E-state index is -0.478. The van der Waals surface area contributed by atoms with Gasteiger partial charge in [0, 0.05) is 11.6 Å². The van der Waals surface area contributed by atoms with Gasteiger partial charge in [0.05, 0.1) is 25.7 Å². The molecule has 0 spiro atoms. The molecule has 0 amide bonds. The molecule has 0 unspecified atom stereocenters. The lowest BCUT2D eigenvalue weighted by molar-refractivity contribution is 0.0615. The van der Waals surface area contributed by atoms with E-state index in [2.05, 4.69) is 0 Å². The summed E-state index contributed by atoms with van der Waals surface area (Å²) in [4.78, 5) is 12.3. The van der Waals surface area contributed by atoms with E-state index in [1.54, 1.807) is 13.2 Å². The van der Waals surface area contributed by atoms with E-state index in [1.807, 2.05) is 27.7 Å². The summed E-state index contributed by atoms with van der Waals surface area (Å²) in [7, 11) is 1.58. The normalized spacial score (nSPS) is 16.6. The largest absolute Gasteiger partial charge is 0.493 e. The predicted molar refractivity (Wildman–Crippen MR) is 72.6 cm³/mol. The van der Waals surface area contributed by atoms with Crippen molar-refractivity contribution in [1.82, 2.24) is 0 Å². The van der Waals surface area contributed by atoms with Crippen molar-refractivity contribution in [3.63, 3.8) is 0 Å². The molecule has 0 atom stereocenters. The van der Waals surface area contributed by atoms with Crippen LogP contribution < -0.4 is 14.2 Å². The fraction of sp³-hybridized carbons (Fsp3) is 0.533. The first-order valence-corrected chi connectivity index (χ1v) is 6.46. The van der Waals surface area contributed by atoms with Crippen molar-refractivity contribution in [2.75, 3.05) is 13.7 Å². The van der Waals surface area contributed by atoms with Crippen LogP contribution in [0.1, 0.15) is 43.1 Å². The van der Waals surface area contributed by atoms with Gasteiger partial charge in [0.2, 0.25) is 0 Å². The van der Waals surface area contributed by atoms with Gasteiger partial charge in [-0.3, -0.25) is 4.79 Å². The molecular weight excluding hydrogens is 244 g/mol. The standard InChI is InChI=1S/C15H20O4/c1-6-18-14-9(2)13-10(16)8-15(3,4)19-11(13)7-12(14)17-5/h7H,6,8H2,1-5H3. The average molecular weight is 264 g/mol. The van der Waals surface area contributed by atoms with Crippen LogP contribution in [-0.4, -0.2) is 25.1 Å². The third kappa shape index (κ3) is 2.39. The van der Waals surface area contributed by atoms with Gasteiger partial charge >= 0.3 is 0 Å². The van der Waals surface area contributed by atoms with Crippen LogP contribution in [0.15, 0.2) is 6.07 Å². The number of benzene rings is 1. The second kappa shape index (κ2) is 4.76. The summed E-state index contributed by atoms with van der Waals surface area (Å²) in [5, 5.41) is 0. The van der Waals surface area contributed by atoms with Gasteiger partial charge in [0.25, 0.3) is 0 Å². The van der Waals surface area contributed by atoms with Crippen molar-refractivity contribution in [2.24, 2.45) is 0 Å². The molecule has 0 saturated carbocycles. The Kier molecular flexibility index (Phi) is 3.43. The molecule has 4 nitrogen and oxygen atoms in total. The van der Waals surface area contributed by atoms with Crippen molar-refractivity contribution < 1.29 is 19.0 Å². The number of ether oxygens (including phenoxy) is 3. The summed E-state index contributed by atoms with van der Waals surface area (Å²) in [5.74, 6) is 1.90. The molecule has 1 aromatic rings. The first kappa shape index (κ1) is 13.7. The summed E-state index contributed by atoms with van der Waals surface area (Å²) in [6.07, 6.45) is 0.374. The van der Waals surface area contributed by atoms with E-state index in [1.165, 1.54) is 0 Å². The van der Waals surface area contributed by atoms with E-state index >= 15 is 0 Å². The molecule has 0 bridgehead atoms. The quantitative estimate of drug-likeness (QED) is 0.841. The van der Waals surface area contributed by atoms with E-state index in [9.17, 15) is 4.79 Å². The summed E-state index contributed by atoms with van der Waals surface area (Å²) in [5.41, 5.74) is 0.926. The summed E-state index contributed by atoms with van der Waals surface area (Å²) in [6, 6.07) is 1.74. The molecule has 104 valence electrons. The maximum Gasteiger partial charge on any atom is 0.170 e. The maximum atomic E-state index is 12.3. The molecule has 1 aliphatic heterocycles. The highest BCUT2D eigenvalue weighted by Gasteiger charge is 2.35. The molecule has 4 heteroatoms. The zero-order valence-electron chi connectivity index (χ0n) is 12.1. The number of rotatable bonds is 3. The summed E-state index contributed by atoms with van der Waals surface area (Å²) >= 11 is 0. The minimum Gasteiger partial charge on any atom is -0.493 e. The number of ketones is 1. The SMILES string of the molecule is CCOc1c(OC)cc2c(c1C)C(=O)CC(C)(C)O2. The molecule has 1 aromatic carbocycles. The summed E-state index contributed by atoms with van der Waals surface area (Å²) in [6.45, 7) is 8.11. The Morgan fingerprint density at radius 3 is 2.68 bits per heavy atom. The maximum absolute atomic E-state index is 12.3. The molecule has 1 heterocycles. The highest BCUT2D eigenvalue weighted by molar-refractivity contribution is 6.02. The molecule has 2 rings (SSSR count). The fourth-order valence-corrected chi connectivity index (χ4v) is 2.45. The number of carbonyl (C=O) groups is 1. The van der Waals surface area contributed by atoms with E-state index in [-0.39, 0.29) is 5.78 Å². The van der Waals surface area contributed by atoms with Crippen molar-refractivity contribution in [3.8, 4) is 17.2 Å². The number of Topliss-reactive ketones (excluding diaryl/α,β-unsaturated/α-hetero) is 1. The smallest absolute Gasteiger partial charge is 0.170 e. The Balaban J connectivity index is 2.61. The number of fused-ring (bicyclic) bond motifs is 1. The molecule has 19 heavy (non-hydrogen) atoms. The third-order valence-electron chi connectivity index (χ3n) is 3.21. The molecule has 0 aliphatic carbocycles. The van der Waals surface area contributed by atoms with Gasteiger partial charge in [-0.1, -0.05) is 0 Å². The van der Waals surface area contributed by atoms with Gasteiger partial charge in [-0.25, -0.2) is 0 Å². The van der Waals surface area contributed by atoms with Gasteiger partial charge in [-0.05, 0) is 27.7 Å². The molecule has 0 fully saturated rings. The lowest BCUT2D eigenvalue weighted by atomic mass is 9.90. The number of methoxy groups -OCH3 is 1. The van der Waals surface area contributed by atoms with Crippen LogP contribution in [-0.2, 0) is 0 Å². The molecule has 1 aliphatic rings. The van der Waals surface area contributed by atoms with Gasteiger partial charge in [0.15, 0.2) is 17.3 Å².